The fourth-order valence-corrected chi connectivity index (χ4v) is 0. The van der Waals surface area contributed by atoms with Gasteiger partial charge in [-0.2, -0.15) is 14.7 Å². The van der Waals surface area contributed by atoms with E-state index >= 15 is 0 Å². The molecule has 0 amide bonds. The fourth-order valence-electron chi connectivity index (χ4n) is 0. The van der Waals surface area contributed by atoms with Crippen LogP contribution in [0.2, 0.25) is 0 Å². The van der Waals surface area contributed by atoms with Gasteiger partial charge in [-0.05, 0) is 28.2 Å². The van der Waals surface area contributed by atoms with Crippen molar-refractivity contribution in [3.63, 3.8) is 0 Å². The van der Waals surface area contributed by atoms with Gasteiger partial charge in [-0.3, -0.25) is 9.80 Å². The second-order valence-corrected chi connectivity index (χ2v) is 12.2. The molecule has 0 saturated carbocycles. The predicted molar refractivity (Wildman–Crippen MR) is 182 cm³/mol. The van der Waals surface area contributed by atoms with Crippen LogP contribution in [0.25, 0.3) is 0 Å². The van der Waals surface area contributed by atoms with E-state index in [1.165, 1.54) is 0 Å². The van der Waals surface area contributed by atoms with Crippen molar-refractivity contribution in [2.45, 2.75) is 0 Å². The summed E-state index contributed by atoms with van der Waals surface area (Å²) in [6.07, 6.45) is 0. The van der Waals surface area contributed by atoms with Gasteiger partial charge >= 0.3 is 51.9 Å². The smallest absolute Gasteiger partial charge is 0.680 e. The van der Waals surface area contributed by atoms with E-state index in [1.54, 1.807) is 9.80 Å². The Labute approximate surface area is 276 Å². The first-order chi connectivity index (χ1) is 13.2. The van der Waals surface area contributed by atoms with Gasteiger partial charge in [0, 0.05) is 42.3 Å². The fraction of sp³-hybridized carbons (Fsp3) is 0.667. The minimum atomic E-state index is 0. The van der Waals surface area contributed by atoms with Gasteiger partial charge in [-0.25, -0.2) is 0 Å². The first-order valence-electron chi connectivity index (χ1n) is 7.87. The summed E-state index contributed by atoms with van der Waals surface area (Å²) < 4.78 is 3.77. The maximum Gasteiger partial charge on any atom is 3.00 e. The molecule has 0 saturated heterocycles. The summed E-state index contributed by atoms with van der Waals surface area (Å²) in [5.74, 6) is 0. The van der Waals surface area contributed by atoms with E-state index in [9.17, 15) is 0 Å². The maximum atomic E-state index is 4.61. The van der Waals surface area contributed by atoms with Crippen LogP contribution >= 0.6 is 0 Å². The van der Waals surface area contributed by atoms with Crippen molar-refractivity contribution in [3.05, 3.63) is 0 Å². The number of thiol groups is 5. The Balaban J connectivity index is -0.0000000481. The minimum Gasteiger partial charge on any atom is -0.680 e. The molecule has 32 heavy (non-hydrogen) atoms. The van der Waals surface area contributed by atoms with E-state index in [0.29, 0.717) is 8.64 Å². The molecule has 5 nitrogen and oxygen atoms in total. The van der Waals surface area contributed by atoms with Crippen LogP contribution in [-0.2, 0) is 163 Å². The third-order valence-electron chi connectivity index (χ3n) is 2.04. The first kappa shape index (κ1) is 51.8. The standard InChI is InChI=1S/5C3H7NS2.2Ru/c5*1-4(2)3(5)6;;/h5*1-2H3,(H,5,6);;/q;;;;;2*+3/p+6. The van der Waals surface area contributed by atoms with E-state index in [1.807, 2.05) is 85.2 Å². The largest absolute Gasteiger partial charge is 3.00 e. The zero-order valence-electron chi connectivity index (χ0n) is 20.0. The zero-order chi connectivity index (χ0) is 25.8. The predicted octanol–water partition coefficient (Wildman–Crippen LogP) is -4.30. The molecule has 0 aromatic rings. The van der Waals surface area contributed by atoms with Gasteiger partial charge in [-0.15, -0.1) is 0 Å². The molecule has 0 aromatic carbocycles. The van der Waals surface area contributed by atoms with Crippen molar-refractivity contribution in [2.75, 3.05) is 70.5 Å². The third kappa shape index (κ3) is 64.0. The Bertz CT molecular complexity index is 414. The van der Waals surface area contributed by atoms with Gasteiger partial charge < -0.3 is 25.3 Å². The monoisotopic (exact) mass is 815 g/mol. The van der Waals surface area contributed by atoms with Crippen LogP contribution in [0.1, 0.15) is 0 Å². The second kappa shape index (κ2) is 34.2. The van der Waals surface area contributed by atoms with Gasteiger partial charge in [-0.1, -0.05) is 0 Å². The Morgan fingerprint density at radius 2 is 0.500 bits per heavy atom. The molecule has 0 aliphatic carbocycles. The van der Waals surface area contributed by atoms with Crippen LogP contribution < -0.4 is 0 Å². The van der Waals surface area contributed by atoms with Crippen molar-refractivity contribution in [1.82, 2.24) is 24.5 Å². The Hall–Kier alpha value is 3.25. The molecule has 0 aliphatic rings. The summed E-state index contributed by atoms with van der Waals surface area (Å²) in [6, 6.07) is 0. The summed E-state index contributed by atoms with van der Waals surface area (Å²) in [5.41, 5.74) is 0. The van der Waals surface area contributed by atoms with E-state index in [2.05, 4.69) is 124 Å². The molecule has 0 heterocycles. The van der Waals surface area contributed by atoms with Crippen LogP contribution in [0.15, 0.2) is 0 Å². The Morgan fingerprint density at radius 3 is 0.500 bits per heavy atom. The minimum absolute atomic E-state index is 0. The molecule has 0 N–H and O–H groups in total. The number of hydrogen-bond acceptors (Lipinski definition) is 2. The second-order valence-electron chi connectivity index (χ2n) is 6.01. The maximum absolute atomic E-state index is 4.61. The van der Waals surface area contributed by atoms with Gasteiger partial charge in [0.05, 0.1) is 37.9 Å². The molecule has 0 atom stereocenters. The van der Waals surface area contributed by atoms with Crippen LogP contribution in [0.5, 0.6) is 0 Å². The molecule has 190 valence electrons. The van der Waals surface area contributed by atoms with Crippen molar-refractivity contribution in [2.24, 2.45) is 0 Å². The van der Waals surface area contributed by atoms with Crippen LogP contribution in [0, 0.1) is 0 Å². The molecule has 0 bridgehead atoms. The van der Waals surface area contributed by atoms with Crippen LogP contribution in [0.4, 0.5) is 0 Å². The van der Waals surface area contributed by atoms with Gasteiger partial charge in [0.15, 0.2) is 0 Å². The summed E-state index contributed by atoms with van der Waals surface area (Å²) in [5, 5.41) is 0. The normalized spacial score (nSPS) is 8.75. The first-order valence-corrected chi connectivity index (χ1v) is 12.4. The van der Waals surface area contributed by atoms with Crippen molar-refractivity contribution >= 4 is 146 Å². The molecule has 0 fully saturated rings. The molecule has 0 aliphatic heterocycles. The van der Waals surface area contributed by atoms with Gasteiger partial charge in [0.1, 0.15) is 33.1 Å². The molecule has 2 radical (unpaired) electrons. The van der Waals surface area contributed by atoms with E-state index < -0.39 is 0 Å². The molecule has 0 rings (SSSR count). The molecule has 0 spiro atoms. The summed E-state index contributed by atoms with van der Waals surface area (Å²) in [7, 11) is 18.9. The Morgan fingerprint density at radius 1 is 0.438 bits per heavy atom. The molecular weight excluding hydrogens is 773 g/mol. The van der Waals surface area contributed by atoms with Gasteiger partial charge in [0.2, 0.25) is 36.7 Å². The molecule has 17 heteroatoms. The van der Waals surface area contributed by atoms with Crippen molar-refractivity contribution in [3.8, 4) is 0 Å². The molecule has 0 unspecified atom stereocenters. The molecule has 0 aromatic heterocycles. The average molecular weight is 814 g/mol. The third-order valence-corrected chi connectivity index (χ3v) is 6.11. The van der Waals surface area contributed by atoms with E-state index in [-0.39, 0.29) is 39.0 Å². The van der Waals surface area contributed by atoms with E-state index in [0.717, 1.165) is 13.0 Å². The SMILES string of the molecule is CN(C)C(=[SH+])[SH2+].CN(C)C(=[SH+])[SH2+].CN(C)C(=[SH+])[SH2+].CN(C)C([S-])=[SH+].CN(C)C([S-])=[SH+].[Ru+3].[Ru+3]. The number of nitrogens with zero attached hydrogens (tertiary/aromatic N) is 5. The zero-order valence-corrected chi connectivity index (χ0v) is 32.6. The van der Waals surface area contributed by atoms with Crippen molar-refractivity contribution in [1.29, 1.82) is 0 Å². The number of rotatable bonds is 0. The van der Waals surface area contributed by atoms with Crippen LogP contribution in [-0.4, -0.2) is 117 Å². The summed E-state index contributed by atoms with van der Waals surface area (Å²) in [6.45, 7) is 0. The Kier molecular flexibility index (Phi) is 55.4. The number of hydrogen-bond donors (Lipinski definition) is 0. The summed E-state index contributed by atoms with van der Waals surface area (Å²) >= 11 is 38.3. The summed E-state index contributed by atoms with van der Waals surface area (Å²) in [4.78, 5) is 9.11. The van der Waals surface area contributed by atoms with Gasteiger partial charge in [0.25, 0.3) is 0 Å². The van der Waals surface area contributed by atoms with Crippen LogP contribution in [0.3, 0.4) is 0 Å². The topological polar surface area (TPSA) is 16.2 Å². The molecular formula is C15H41N5Ru2S10+12. The quantitative estimate of drug-likeness (QED) is 0.0801. The van der Waals surface area contributed by atoms with Crippen molar-refractivity contribution < 1.29 is 39.0 Å². The van der Waals surface area contributed by atoms with E-state index in [4.69, 9.17) is 0 Å². The average Bonchev–Trinajstić information content (AvgIpc) is 2.56.